The van der Waals surface area contributed by atoms with E-state index < -0.39 is 18.3 Å². The summed E-state index contributed by atoms with van der Waals surface area (Å²) in [4.78, 5) is 8.20. The molecule has 0 unspecified atom stereocenters. The summed E-state index contributed by atoms with van der Waals surface area (Å²) in [6.07, 6.45) is -2.77. The van der Waals surface area contributed by atoms with Crippen LogP contribution < -0.4 is 10.6 Å². The van der Waals surface area contributed by atoms with Crippen LogP contribution in [0.2, 0.25) is 5.02 Å². The van der Waals surface area contributed by atoms with Crippen molar-refractivity contribution in [1.29, 1.82) is 5.26 Å². The number of nitrogens with zero attached hydrogens (tertiary/aromatic N) is 3. The molecule has 1 saturated heterocycles. The van der Waals surface area contributed by atoms with Gasteiger partial charge in [-0.3, -0.25) is 0 Å². The Bertz CT molecular complexity index is 970. The molecule has 2 aromatic rings. The molecule has 0 bridgehead atoms. The first-order valence-corrected chi connectivity index (χ1v) is 9.94. The number of anilines is 3. The molecule has 1 aliphatic heterocycles. The standard InChI is InChI=1S/C18H16BrClF3N5O2/c19-15-10(7-29)3-11(4-12(15)18(21,22)23)26-17-25-6-13(20)16(28-17)27-14-8-30-2-1-9(14)5-24/h3-4,6,9,14,29H,1-2,7-8H2,(H2,25,26,27,28)/t9-,14+/m1/s1. The molecule has 0 aliphatic carbocycles. The maximum atomic E-state index is 13.3. The van der Waals surface area contributed by atoms with Crippen molar-refractivity contribution in [2.24, 2.45) is 5.92 Å². The van der Waals surface area contributed by atoms with Gasteiger partial charge in [0.05, 0.1) is 43.0 Å². The average molecular weight is 507 g/mol. The monoisotopic (exact) mass is 505 g/mol. The lowest BCUT2D eigenvalue weighted by molar-refractivity contribution is -0.138. The Labute approximate surface area is 183 Å². The van der Waals surface area contributed by atoms with Crippen molar-refractivity contribution < 1.29 is 23.0 Å². The fourth-order valence-corrected chi connectivity index (χ4v) is 3.67. The minimum Gasteiger partial charge on any atom is -0.392 e. The van der Waals surface area contributed by atoms with Gasteiger partial charge in [0.15, 0.2) is 5.82 Å². The van der Waals surface area contributed by atoms with Gasteiger partial charge >= 0.3 is 6.18 Å². The van der Waals surface area contributed by atoms with Crippen LogP contribution in [-0.4, -0.2) is 34.3 Å². The minimum absolute atomic E-state index is 0.00790. The summed E-state index contributed by atoms with van der Waals surface area (Å²) >= 11 is 9.02. The highest BCUT2D eigenvalue weighted by molar-refractivity contribution is 9.10. The molecule has 1 fully saturated rings. The zero-order valence-corrected chi connectivity index (χ0v) is 17.6. The normalized spacial score (nSPS) is 19.2. The summed E-state index contributed by atoms with van der Waals surface area (Å²) in [5.41, 5.74) is -0.852. The average Bonchev–Trinajstić information content (AvgIpc) is 2.71. The second-order valence-electron chi connectivity index (χ2n) is 6.52. The van der Waals surface area contributed by atoms with Crippen LogP contribution >= 0.6 is 27.5 Å². The Morgan fingerprint density at radius 3 is 2.83 bits per heavy atom. The highest BCUT2D eigenvalue weighted by Crippen LogP contribution is 2.39. The van der Waals surface area contributed by atoms with Crippen LogP contribution in [0.1, 0.15) is 17.5 Å². The van der Waals surface area contributed by atoms with Gasteiger partial charge in [0, 0.05) is 16.8 Å². The van der Waals surface area contributed by atoms with Crippen molar-refractivity contribution >= 4 is 45.0 Å². The summed E-state index contributed by atoms with van der Waals surface area (Å²) in [5.74, 6) is -0.0824. The number of ether oxygens (including phenoxy) is 1. The second-order valence-corrected chi connectivity index (χ2v) is 7.72. The molecule has 7 nitrogen and oxygen atoms in total. The number of hydrogen-bond donors (Lipinski definition) is 3. The zero-order chi connectivity index (χ0) is 21.9. The van der Waals surface area contributed by atoms with Crippen LogP contribution in [0.4, 0.5) is 30.6 Å². The van der Waals surface area contributed by atoms with E-state index in [1.54, 1.807) is 0 Å². The summed E-state index contributed by atoms with van der Waals surface area (Å²) in [6, 6.07) is 4.10. The van der Waals surface area contributed by atoms with E-state index in [9.17, 15) is 23.5 Å². The van der Waals surface area contributed by atoms with Gasteiger partial charge in [-0.2, -0.15) is 23.4 Å². The number of halogens is 5. The lowest BCUT2D eigenvalue weighted by Crippen LogP contribution is -2.38. The minimum atomic E-state index is -4.62. The van der Waals surface area contributed by atoms with Crippen LogP contribution in [-0.2, 0) is 17.5 Å². The Hall–Kier alpha value is -2.13. The summed E-state index contributed by atoms with van der Waals surface area (Å²) in [6.45, 7) is 0.187. The summed E-state index contributed by atoms with van der Waals surface area (Å²) < 4.78 is 45.0. The Kier molecular flexibility index (Phi) is 7.02. The van der Waals surface area contributed by atoms with E-state index in [1.807, 2.05) is 0 Å². The molecule has 1 aliphatic rings. The molecule has 160 valence electrons. The maximum absolute atomic E-state index is 13.3. The van der Waals surface area contributed by atoms with E-state index in [1.165, 1.54) is 12.3 Å². The molecular formula is C18H16BrClF3N5O2. The molecule has 3 N–H and O–H groups in total. The van der Waals surface area contributed by atoms with E-state index >= 15 is 0 Å². The molecule has 2 heterocycles. The maximum Gasteiger partial charge on any atom is 0.417 e. The fourth-order valence-electron chi connectivity index (χ4n) is 2.95. The Balaban J connectivity index is 1.88. The number of rotatable bonds is 5. The molecule has 2 atom stereocenters. The van der Waals surface area contributed by atoms with Crippen molar-refractivity contribution in [2.45, 2.75) is 25.2 Å². The first-order valence-electron chi connectivity index (χ1n) is 8.77. The first kappa shape index (κ1) is 22.6. The van der Waals surface area contributed by atoms with Gasteiger partial charge in [-0.15, -0.1) is 0 Å². The van der Waals surface area contributed by atoms with Crippen molar-refractivity contribution in [3.8, 4) is 6.07 Å². The third-order valence-corrected chi connectivity index (χ3v) is 5.68. The molecule has 12 heteroatoms. The Morgan fingerprint density at radius 1 is 1.40 bits per heavy atom. The van der Waals surface area contributed by atoms with Crippen LogP contribution in [0, 0.1) is 17.2 Å². The quantitative estimate of drug-likeness (QED) is 0.549. The largest absolute Gasteiger partial charge is 0.417 e. The van der Waals surface area contributed by atoms with Gasteiger partial charge in [-0.25, -0.2) is 4.98 Å². The van der Waals surface area contributed by atoms with Crippen LogP contribution in [0.3, 0.4) is 0 Å². The molecule has 1 aromatic heterocycles. The van der Waals surface area contributed by atoms with E-state index in [-0.39, 0.29) is 44.5 Å². The Morgan fingerprint density at radius 2 is 2.17 bits per heavy atom. The van der Waals surface area contributed by atoms with Gasteiger partial charge in [-0.05, 0) is 40.0 Å². The van der Waals surface area contributed by atoms with Crippen molar-refractivity contribution in [1.82, 2.24) is 9.97 Å². The summed E-state index contributed by atoms with van der Waals surface area (Å²) in [7, 11) is 0. The van der Waals surface area contributed by atoms with Gasteiger partial charge in [0.25, 0.3) is 0 Å². The van der Waals surface area contributed by atoms with E-state index in [0.717, 1.165) is 6.07 Å². The lowest BCUT2D eigenvalue weighted by atomic mass is 9.96. The van der Waals surface area contributed by atoms with Gasteiger partial charge in [0.2, 0.25) is 5.95 Å². The number of nitriles is 1. The number of aromatic nitrogens is 2. The third-order valence-electron chi connectivity index (χ3n) is 4.47. The van der Waals surface area contributed by atoms with E-state index in [4.69, 9.17) is 16.3 Å². The predicted molar refractivity (Wildman–Crippen MR) is 107 cm³/mol. The van der Waals surface area contributed by atoms with Crippen molar-refractivity contribution in [3.63, 3.8) is 0 Å². The number of hydrogen-bond acceptors (Lipinski definition) is 7. The van der Waals surface area contributed by atoms with Crippen LogP contribution in [0.5, 0.6) is 0 Å². The zero-order valence-electron chi connectivity index (χ0n) is 15.3. The van der Waals surface area contributed by atoms with E-state index in [0.29, 0.717) is 19.6 Å². The van der Waals surface area contributed by atoms with Gasteiger partial charge < -0.3 is 20.5 Å². The van der Waals surface area contributed by atoms with Crippen LogP contribution in [0.25, 0.3) is 0 Å². The topological polar surface area (TPSA) is 103 Å². The number of alkyl halides is 3. The summed E-state index contributed by atoms with van der Waals surface area (Å²) in [5, 5.41) is 24.6. The molecule has 30 heavy (non-hydrogen) atoms. The van der Waals surface area contributed by atoms with Crippen LogP contribution in [0.15, 0.2) is 22.8 Å². The van der Waals surface area contributed by atoms with E-state index in [2.05, 4.69) is 42.6 Å². The highest BCUT2D eigenvalue weighted by atomic mass is 79.9. The molecule has 0 saturated carbocycles. The molecule has 3 rings (SSSR count). The SMILES string of the molecule is N#C[C@H]1CCOC[C@@H]1Nc1nc(Nc2cc(CO)c(Br)c(C(F)(F)F)c2)ncc1Cl. The fraction of sp³-hybridized carbons (Fsp3) is 0.389. The number of aliphatic hydroxyl groups excluding tert-OH is 1. The third kappa shape index (κ3) is 5.13. The molecule has 1 aromatic carbocycles. The molecule has 0 spiro atoms. The number of aliphatic hydroxyl groups is 1. The highest BCUT2D eigenvalue weighted by Gasteiger charge is 2.34. The first-order chi connectivity index (χ1) is 14.2. The number of benzene rings is 1. The molecule has 0 radical (unpaired) electrons. The molecule has 0 amide bonds. The smallest absolute Gasteiger partial charge is 0.392 e. The number of nitrogens with one attached hydrogen (secondary N) is 2. The second kappa shape index (κ2) is 9.34. The molecular weight excluding hydrogens is 491 g/mol. The lowest BCUT2D eigenvalue weighted by Gasteiger charge is -2.28. The predicted octanol–water partition coefficient (Wildman–Crippen LogP) is 4.49. The van der Waals surface area contributed by atoms with Gasteiger partial charge in [-0.1, -0.05) is 11.6 Å². The van der Waals surface area contributed by atoms with Crippen molar-refractivity contribution in [2.75, 3.05) is 23.8 Å². The van der Waals surface area contributed by atoms with Gasteiger partial charge in [0.1, 0.15) is 5.02 Å². The van der Waals surface area contributed by atoms with Crippen molar-refractivity contribution in [3.05, 3.63) is 39.0 Å².